The molecule has 0 spiro atoms. The molecule has 0 fully saturated rings. The third-order valence-corrected chi connectivity index (χ3v) is 5.27. The molecule has 0 saturated heterocycles. The third kappa shape index (κ3) is 6.17. The number of amides is 1. The maximum Gasteiger partial charge on any atom is 0.277 e. The quantitative estimate of drug-likeness (QED) is 0.241. The summed E-state index contributed by atoms with van der Waals surface area (Å²) in [6, 6.07) is 25.1. The first-order chi connectivity index (χ1) is 16.1. The van der Waals surface area contributed by atoms with E-state index in [1.165, 1.54) is 24.3 Å². The van der Waals surface area contributed by atoms with Crippen molar-refractivity contribution in [3.8, 4) is 11.5 Å². The second kappa shape index (κ2) is 10.7. The highest BCUT2D eigenvalue weighted by Crippen LogP contribution is 2.27. The SMILES string of the molecule is O=C(COc1ccc(F)cc1)N/N=C/c1c(OCc2cccc(Br)c2)ccc2ccccc12. The number of benzene rings is 4. The fraction of sp³-hybridized carbons (Fsp3) is 0.0769. The number of hydrogen-bond donors (Lipinski definition) is 1. The van der Waals surface area contributed by atoms with E-state index in [1.807, 2.05) is 60.7 Å². The van der Waals surface area contributed by atoms with Crippen LogP contribution in [0.4, 0.5) is 4.39 Å². The largest absolute Gasteiger partial charge is 0.488 e. The molecule has 0 heterocycles. The Morgan fingerprint density at radius 3 is 2.61 bits per heavy atom. The highest BCUT2D eigenvalue weighted by atomic mass is 79.9. The lowest BCUT2D eigenvalue weighted by molar-refractivity contribution is -0.123. The van der Waals surface area contributed by atoms with E-state index in [2.05, 4.69) is 26.5 Å². The predicted octanol–water partition coefficient (Wildman–Crippen LogP) is 5.85. The van der Waals surface area contributed by atoms with E-state index in [0.29, 0.717) is 18.1 Å². The van der Waals surface area contributed by atoms with Gasteiger partial charge < -0.3 is 9.47 Å². The Hall–Kier alpha value is -3.71. The van der Waals surface area contributed by atoms with Gasteiger partial charge in [-0.05, 0) is 58.8 Å². The number of ether oxygens (including phenoxy) is 2. The van der Waals surface area contributed by atoms with Crippen molar-refractivity contribution in [2.45, 2.75) is 6.61 Å². The number of rotatable bonds is 8. The summed E-state index contributed by atoms with van der Waals surface area (Å²) in [4.78, 5) is 12.1. The Labute approximate surface area is 199 Å². The molecule has 4 rings (SSSR count). The molecule has 33 heavy (non-hydrogen) atoms. The number of fused-ring (bicyclic) bond motifs is 1. The zero-order valence-electron chi connectivity index (χ0n) is 17.5. The van der Waals surface area contributed by atoms with Crippen LogP contribution < -0.4 is 14.9 Å². The zero-order chi connectivity index (χ0) is 23.0. The van der Waals surface area contributed by atoms with Gasteiger partial charge in [0.1, 0.15) is 23.9 Å². The van der Waals surface area contributed by atoms with Crippen molar-refractivity contribution >= 4 is 38.8 Å². The van der Waals surface area contributed by atoms with Crippen LogP contribution in [0.25, 0.3) is 10.8 Å². The van der Waals surface area contributed by atoms with Crippen LogP contribution in [0.2, 0.25) is 0 Å². The predicted molar refractivity (Wildman–Crippen MR) is 130 cm³/mol. The highest BCUT2D eigenvalue weighted by Gasteiger charge is 2.09. The van der Waals surface area contributed by atoms with Crippen LogP contribution in [0.5, 0.6) is 11.5 Å². The minimum Gasteiger partial charge on any atom is -0.488 e. The van der Waals surface area contributed by atoms with E-state index in [0.717, 1.165) is 26.4 Å². The number of hydrogen-bond acceptors (Lipinski definition) is 4. The minimum atomic E-state index is -0.438. The van der Waals surface area contributed by atoms with E-state index in [-0.39, 0.29) is 12.4 Å². The summed E-state index contributed by atoms with van der Waals surface area (Å²) in [5, 5.41) is 6.07. The fourth-order valence-corrected chi connectivity index (χ4v) is 3.65. The first-order valence-corrected chi connectivity index (χ1v) is 11.0. The summed E-state index contributed by atoms with van der Waals surface area (Å²) in [6.07, 6.45) is 1.56. The van der Waals surface area contributed by atoms with Crippen LogP contribution in [-0.4, -0.2) is 18.7 Å². The van der Waals surface area contributed by atoms with E-state index in [1.54, 1.807) is 6.21 Å². The molecule has 166 valence electrons. The van der Waals surface area contributed by atoms with Gasteiger partial charge in [-0.15, -0.1) is 0 Å². The Bertz CT molecular complexity index is 1290. The van der Waals surface area contributed by atoms with E-state index >= 15 is 0 Å². The number of halogens is 2. The van der Waals surface area contributed by atoms with Gasteiger partial charge in [-0.25, -0.2) is 9.82 Å². The molecule has 0 saturated carbocycles. The second-order valence-corrected chi connectivity index (χ2v) is 8.07. The molecule has 0 atom stereocenters. The Morgan fingerprint density at radius 2 is 1.79 bits per heavy atom. The van der Waals surface area contributed by atoms with E-state index < -0.39 is 5.91 Å². The lowest BCUT2D eigenvalue weighted by atomic mass is 10.0. The topological polar surface area (TPSA) is 59.9 Å². The van der Waals surface area contributed by atoms with Crippen LogP contribution in [0.3, 0.4) is 0 Å². The van der Waals surface area contributed by atoms with Crippen molar-refractivity contribution in [3.05, 3.63) is 106 Å². The first kappa shape index (κ1) is 22.5. The molecule has 1 N–H and O–H groups in total. The van der Waals surface area contributed by atoms with Crippen LogP contribution in [0.1, 0.15) is 11.1 Å². The highest BCUT2D eigenvalue weighted by molar-refractivity contribution is 9.10. The van der Waals surface area contributed by atoms with E-state index in [4.69, 9.17) is 9.47 Å². The molecule has 7 heteroatoms. The van der Waals surface area contributed by atoms with Crippen LogP contribution >= 0.6 is 15.9 Å². The number of nitrogens with zero attached hydrogens (tertiary/aromatic N) is 1. The molecule has 4 aromatic carbocycles. The molecule has 0 radical (unpaired) electrons. The van der Waals surface area contributed by atoms with Crippen LogP contribution in [-0.2, 0) is 11.4 Å². The number of nitrogens with one attached hydrogen (secondary N) is 1. The van der Waals surface area contributed by atoms with Crippen molar-refractivity contribution in [3.63, 3.8) is 0 Å². The maximum absolute atomic E-state index is 13.0. The maximum atomic E-state index is 13.0. The second-order valence-electron chi connectivity index (χ2n) is 7.15. The molecular formula is C26H20BrFN2O3. The summed E-state index contributed by atoms with van der Waals surface area (Å²) in [6.45, 7) is 0.140. The van der Waals surface area contributed by atoms with Gasteiger partial charge in [-0.1, -0.05) is 58.4 Å². The zero-order valence-corrected chi connectivity index (χ0v) is 19.1. The summed E-state index contributed by atoms with van der Waals surface area (Å²) < 4.78 is 25.4. The number of hydrazone groups is 1. The van der Waals surface area contributed by atoms with Gasteiger partial charge in [0.2, 0.25) is 0 Å². The molecule has 1 amide bonds. The first-order valence-electron chi connectivity index (χ1n) is 10.2. The van der Waals surface area contributed by atoms with Crippen molar-refractivity contribution in [2.24, 2.45) is 5.10 Å². The van der Waals surface area contributed by atoms with E-state index in [9.17, 15) is 9.18 Å². The van der Waals surface area contributed by atoms with Crippen molar-refractivity contribution in [1.29, 1.82) is 0 Å². The monoisotopic (exact) mass is 506 g/mol. The van der Waals surface area contributed by atoms with Gasteiger partial charge >= 0.3 is 0 Å². The smallest absolute Gasteiger partial charge is 0.277 e. The van der Waals surface area contributed by atoms with Crippen molar-refractivity contribution in [1.82, 2.24) is 5.43 Å². The number of carbonyl (C=O) groups excluding carboxylic acids is 1. The van der Waals surface area contributed by atoms with Crippen LogP contribution in [0, 0.1) is 5.82 Å². The average Bonchev–Trinajstić information content (AvgIpc) is 2.83. The lowest BCUT2D eigenvalue weighted by Gasteiger charge is -2.12. The number of carbonyl (C=O) groups is 1. The van der Waals surface area contributed by atoms with Gasteiger partial charge in [-0.2, -0.15) is 5.10 Å². The van der Waals surface area contributed by atoms with Gasteiger partial charge in [0, 0.05) is 10.0 Å². The standard InChI is InChI=1S/C26H20BrFN2O3/c27-20-6-3-4-18(14-20)16-33-25-13-8-19-5-1-2-7-23(19)24(25)15-29-30-26(31)17-32-22-11-9-21(28)10-12-22/h1-15H,16-17H2,(H,30,31)/b29-15+. The summed E-state index contributed by atoms with van der Waals surface area (Å²) in [5.41, 5.74) is 4.23. The molecule has 5 nitrogen and oxygen atoms in total. The molecule has 0 bridgehead atoms. The molecule has 0 aliphatic heterocycles. The molecule has 0 unspecified atom stereocenters. The van der Waals surface area contributed by atoms with Gasteiger partial charge in [0.15, 0.2) is 6.61 Å². The lowest BCUT2D eigenvalue weighted by Crippen LogP contribution is -2.24. The third-order valence-electron chi connectivity index (χ3n) is 4.78. The Kier molecular flexibility index (Phi) is 7.32. The van der Waals surface area contributed by atoms with Crippen LogP contribution in [0.15, 0.2) is 94.5 Å². The normalized spacial score (nSPS) is 11.0. The fourth-order valence-electron chi connectivity index (χ4n) is 3.20. The van der Waals surface area contributed by atoms with Crippen molar-refractivity contribution < 1.29 is 18.7 Å². The molecule has 0 aliphatic rings. The average molecular weight is 507 g/mol. The van der Waals surface area contributed by atoms with Gasteiger partial charge in [0.05, 0.1) is 6.21 Å². The Balaban J connectivity index is 1.46. The molecule has 0 aromatic heterocycles. The molecule has 4 aromatic rings. The van der Waals surface area contributed by atoms with Crippen molar-refractivity contribution in [2.75, 3.05) is 6.61 Å². The summed E-state index contributed by atoms with van der Waals surface area (Å²) >= 11 is 3.47. The summed E-state index contributed by atoms with van der Waals surface area (Å²) in [5.74, 6) is 0.235. The van der Waals surface area contributed by atoms with Gasteiger partial charge in [0.25, 0.3) is 5.91 Å². The Morgan fingerprint density at radius 1 is 0.970 bits per heavy atom. The molecular weight excluding hydrogens is 487 g/mol. The van der Waals surface area contributed by atoms with Gasteiger partial charge in [-0.3, -0.25) is 4.79 Å². The summed E-state index contributed by atoms with van der Waals surface area (Å²) in [7, 11) is 0. The molecule has 0 aliphatic carbocycles. The minimum absolute atomic E-state index is 0.245.